The molecule has 1 aliphatic heterocycles. The molecule has 25 heavy (non-hydrogen) atoms. The standard InChI is InChI=1S/C17H14ClF2IO3S/c18-11-1-3-12(4-2-11)25(22,23)17-10(7-8-21)9-24-16-14(20)6-5-13(19)15(16)17/h1-6,10,17H,7-9H2/t10-,17+/m0/s1. The van der Waals surface area contributed by atoms with Crippen molar-refractivity contribution in [2.45, 2.75) is 16.6 Å². The first-order valence-electron chi connectivity index (χ1n) is 7.52. The van der Waals surface area contributed by atoms with Crippen LogP contribution in [0.15, 0.2) is 41.3 Å². The Morgan fingerprint density at radius 1 is 1.12 bits per heavy atom. The number of sulfone groups is 1. The van der Waals surface area contributed by atoms with Crippen molar-refractivity contribution in [1.29, 1.82) is 0 Å². The van der Waals surface area contributed by atoms with Crippen LogP contribution in [0.5, 0.6) is 5.75 Å². The minimum absolute atomic E-state index is 0.0217. The van der Waals surface area contributed by atoms with Gasteiger partial charge in [0.15, 0.2) is 21.4 Å². The molecule has 3 nitrogen and oxygen atoms in total. The highest BCUT2D eigenvalue weighted by atomic mass is 127. The smallest absolute Gasteiger partial charge is 0.186 e. The first-order valence-corrected chi connectivity index (χ1v) is 11.0. The van der Waals surface area contributed by atoms with Gasteiger partial charge in [0.05, 0.1) is 17.1 Å². The predicted molar refractivity (Wildman–Crippen MR) is 100 cm³/mol. The largest absolute Gasteiger partial charge is 0.490 e. The zero-order chi connectivity index (χ0) is 18.2. The maximum absolute atomic E-state index is 14.5. The fraction of sp³-hybridized carbons (Fsp3) is 0.294. The van der Waals surface area contributed by atoms with E-state index >= 15 is 0 Å². The fourth-order valence-corrected chi connectivity index (χ4v) is 6.01. The molecule has 3 rings (SSSR count). The molecule has 0 unspecified atom stereocenters. The molecule has 0 radical (unpaired) electrons. The summed E-state index contributed by atoms with van der Waals surface area (Å²) in [5.41, 5.74) is -0.226. The summed E-state index contributed by atoms with van der Waals surface area (Å²) < 4.78 is 61.1. The van der Waals surface area contributed by atoms with E-state index in [9.17, 15) is 17.2 Å². The molecule has 2 aromatic carbocycles. The first-order chi connectivity index (χ1) is 11.9. The molecule has 1 aliphatic rings. The number of hydrogen-bond acceptors (Lipinski definition) is 3. The van der Waals surface area contributed by atoms with Crippen molar-refractivity contribution < 1.29 is 21.9 Å². The highest BCUT2D eigenvalue weighted by Crippen LogP contribution is 2.46. The Bertz CT molecular complexity index is 888. The van der Waals surface area contributed by atoms with Crippen LogP contribution < -0.4 is 4.74 Å². The molecule has 0 amide bonds. The van der Waals surface area contributed by atoms with Crippen molar-refractivity contribution in [3.05, 3.63) is 58.6 Å². The van der Waals surface area contributed by atoms with Crippen molar-refractivity contribution in [3.8, 4) is 5.75 Å². The van der Waals surface area contributed by atoms with Crippen molar-refractivity contribution >= 4 is 44.0 Å². The lowest BCUT2D eigenvalue weighted by Gasteiger charge is -2.33. The van der Waals surface area contributed by atoms with Gasteiger partial charge >= 0.3 is 0 Å². The van der Waals surface area contributed by atoms with E-state index in [1.807, 2.05) is 0 Å². The maximum Gasteiger partial charge on any atom is 0.186 e. The Labute approximate surface area is 163 Å². The van der Waals surface area contributed by atoms with Crippen molar-refractivity contribution in [2.75, 3.05) is 11.0 Å². The number of halogens is 4. The van der Waals surface area contributed by atoms with Gasteiger partial charge in [-0.2, -0.15) is 0 Å². The zero-order valence-corrected chi connectivity index (χ0v) is 16.6. The van der Waals surface area contributed by atoms with Crippen molar-refractivity contribution in [2.24, 2.45) is 5.92 Å². The van der Waals surface area contributed by atoms with Crippen molar-refractivity contribution in [3.63, 3.8) is 0 Å². The molecular weight excluding hydrogens is 485 g/mol. The lowest BCUT2D eigenvalue weighted by atomic mass is 9.93. The molecule has 0 N–H and O–H groups in total. The molecule has 0 spiro atoms. The van der Waals surface area contributed by atoms with Gasteiger partial charge < -0.3 is 4.74 Å². The summed E-state index contributed by atoms with van der Waals surface area (Å²) in [6, 6.07) is 7.57. The van der Waals surface area contributed by atoms with E-state index in [0.29, 0.717) is 15.9 Å². The third kappa shape index (κ3) is 3.50. The number of fused-ring (bicyclic) bond motifs is 1. The van der Waals surface area contributed by atoms with Gasteiger partial charge in [-0.05, 0) is 47.2 Å². The van der Waals surface area contributed by atoms with E-state index in [2.05, 4.69) is 22.6 Å². The topological polar surface area (TPSA) is 43.4 Å². The quantitative estimate of drug-likeness (QED) is 0.442. The van der Waals surface area contributed by atoms with E-state index in [0.717, 1.165) is 12.1 Å². The molecule has 0 saturated heterocycles. The minimum atomic E-state index is -3.95. The molecule has 8 heteroatoms. The number of ether oxygens (including phenoxy) is 1. The average molecular weight is 499 g/mol. The van der Waals surface area contributed by atoms with Gasteiger partial charge in [0, 0.05) is 10.9 Å². The van der Waals surface area contributed by atoms with E-state index in [4.69, 9.17) is 16.3 Å². The van der Waals surface area contributed by atoms with Crippen LogP contribution in [0.25, 0.3) is 0 Å². The summed E-state index contributed by atoms with van der Waals surface area (Å²) in [6.07, 6.45) is 0.507. The molecule has 1 heterocycles. The van der Waals surface area contributed by atoms with Gasteiger partial charge in [-0.15, -0.1) is 0 Å². The summed E-state index contributed by atoms with van der Waals surface area (Å²) in [5, 5.41) is -0.810. The maximum atomic E-state index is 14.5. The predicted octanol–water partition coefficient (Wildman–Crippen LogP) is 4.97. The Kier molecular flexibility index (Phi) is 5.55. The van der Waals surface area contributed by atoms with Crippen LogP contribution in [0.4, 0.5) is 8.78 Å². The van der Waals surface area contributed by atoms with Gasteiger partial charge in [-0.1, -0.05) is 34.2 Å². The second kappa shape index (κ2) is 7.36. The Balaban J connectivity index is 2.20. The second-order valence-electron chi connectivity index (χ2n) is 5.74. The fourth-order valence-electron chi connectivity index (χ4n) is 3.03. The zero-order valence-electron chi connectivity index (χ0n) is 12.9. The van der Waals surface area contributed by atoms with Crippen LogP contribution in [-0.2, 0) is 9.84 Å². The summed E-state index contributed by atoms with van der Waals surface area (Å²) in [4.78, 5) is 0.0249. The van der Waals surface area contributed by atoms with Gasteiger partial charge in [0.25, 0.3) is 0 Å². The Morgan fingerprint density at radius 3 is 2.40 bits per heavy atom. The van der Waals surface area contributed by atoms with E-state index in [-0.39, 0.29) is 22.8 Å². The third-order valence-electron chi connectivity index (χ3n) is 4.21. The molecule has 0 bridgehead atoms. The normalized spacial score (nSPS) is 20.0. The average Bonchev–Trinajstić information content (AvgIpc) is 2.58. The molecule has 134 valence electrons. The summed E-state index contributed by atoms with van der Waals surface area (Å²) in [6.45, 7) is 0.0217. The third-order valence-corrected chi connectivity index (χ3v) is 7.30. The molecular formula is C17H14ClF2IO3S. The second-order valence-corrected chi connectivity index (χ2v) is 9.32. The van der Waals surface area contributed by atoms with Gasteiger partial charge in [-0.3, -0.25) is 0 Å². The van der Waals surface area contributed by atoms with E-state index in [1.54, 1.807) is 0 Å². The van der Waals surface area contributed by atoms with E-state index in [1.165, 1.54) is 24.3 Å². The van der Waals surface area contributed by atoms with Crippen LogP contribution in [0.3, 0.4) is 0 Å². The van der Waals surface area contributed by atoms with Crippen LogP contribution >= 0.6 is 34.2 Å². The van der Waals surface area contributed by atoms with Crippen LogP contribution in [0, 0.1) is 17.6 Å². The van der Waals surface area contributed by atoms with Crippen LogP contribution in [-0.4, -0.2) is 19.5 Å². The lowest BCUT2D eigenvalue weighted by Crippen LogP contribution is -2.33. The van der Waals surface area contributed by atoms with Crippen molar-refractivity contribution in [1.82, 2.24) is 0 Å². The summed E-state index contributed by atoms with van der Waals surface area (Å²) >= 11 is 7.95. The number of benzene rings is 2. The van der Waals surface area contributed by atoms with Crippen LogP contribution in [0.2, 0.25) is 5.02 Å². The van der Waals surface area contributed by atoms with Gasteiger partial charge in [-0.25, -0.2) is 17.2 Å². The molecule has 0 aromatic heterocycles. The molecule has 2 atom stereocenters. The number of alkyl halides is 1. The highest BCUT2D eigenvalue weighted by Gasteiger charge is 2.43. The number of hydrogen-bond donors (Lipinski definition) is 0. The summed E-state index contributed by atoms with van der Waals surface area (Å²) in [5.74, 6) is -2.33. The molecule has 2 aromatic rings. The molecule has 0 aliphatic carbocycles. The van der Waals surface area contributed by atoms with Crippen LogP contribution in [0.1, 0.15) is 17.2 Å². The van der Waals surface area contributed by atoms with Gasteiger partial charge in [0.1, 0.15) is 11.1 Å². The molecule has 0 fully saturated rings. The minimum Gasteiger partial charge on any atom is -0.490 e. The Hall–Kier alpha value is -0.930. The monoisotopic (exact) mass is 498 g/mol. The Morgan fingerprint density at radius 2 is 1.76 bits per heavy atom. The van der Waals surface area contributed by atoms with Gasteiger partial charge in [0.2, 0.25) is 0 Å². The highest BCUT2D eigenvalue weighted by molar-refractivity contribution is 14.1. The molecule has 0 saturated carbocycles. The lowest BCUT2D eigenvalue weighted by molar-refractivity contribution is 0.200. The van der Waals surface area contributed by atoms with E-state index < -0.39 is 32.6 Å². The summed E-state index contributed by atoms with van der Waals surface area (Å²) in [7, 11) is -3.95. The number of rotatable bonds is 4. The SMILES string of the molecule is O=S(=O)(c1ccc(Cl)cc1)[C@H]1c2c(F)ccc(F)c2OC[C@@H]1CCI. The first kappa shape index (κ1) is 18.8.